The van der Waals surface area contributed by atoms with Crippen LogP contribution in [0, 0.1) is 0 Å². The standard InChI is InChI=1S/C8H14N4O.ClH/c1-5(9)8(13)11-6(2)7-3-4-10-12-7;/h3-6H,9H2,1-2H3,(H,10,12)(H,11,13);1H/t5-,6?;/m0./s1. The summed E-state index contributed by atoms with van der Waals surface area (Å²) in [5.74, 6) is -0.165. The van der Waals surface area contributed by atoms with E-state index < -0.39 is 6.04 Å². The van der Waals surface area contributed by atoms with Gasteiger partial charge in [-0.3, -0.25) is 9.89 Å². The Bertz CT molecular complexity index is 273. The van der Waals surface area contributed by atoms with Gasteiger partial charge in [0.25, 0.3) is 0 Å². The van der Waals surface area contributed by atoms with Crippen LogP contribution in [0.1, 0.15) is 25.6 Å². The van der Waals surface area contributed by atoms with Crippen LogP contribution in [0.3, 0.4) is 0 Å². The first-order valence-corrected chi connectivity index (χ1v) is 4.16. The first kappa shape index (κ1) is 12.9. The molecule has 0 radical (unpaired) electrons. The average molecular weight is 219 g/mol. The van der Waals surface area contributed by atoms with Crippen molar-refractivity contribution in [2.24, 2.45) is 5.73 Å². The van der Waals surface area contributed by atoms with Crippen LogP contribution in [-0.2, 0) is 4.79 Å². The summed E-state index contributed by atoms with van der Waals surface area (Å²) in [6.07, 6.45) is 1.64. The third kappa shape index (κ3) is 3.35. The molecule has 80 valence electrons. The molecule has 2 atom stereocenters. The number of hydrogen-bond donors (Lipinski definition) is 3. The summed E-state index contributed by atoms with van der Waals surface area (Å²) in [6, 6.07) is 1.25. The molecule has 1 rings (SSSR count). The van der Waals surface area contributed by atoms with Gasteiger partial charge in [0.15, 0.2) is 0 Å². The van der Waals surface area contributed by atoms with Crippen LogP contribution in [-0.4, -0.2) is 22.1 Å². The minimum atomic E-state index is -0.481. The molecule has 0 aliphatic carbocycles. The molecule has 1 unspecified atom stereocenters. The normalized spacial score (nSPS) is 13.9. The van der Waals surface area contributed by atoms with E-state index in [2.05, 4.69) is 15.5 Å². The fraction of sp³-hybridized carbons (Fsp3) is 0.500. The maximum Gasteiger partial charge on any atom is 0.237 e. The van der Waals surface area contributed by atoms with Gasteiger partial charge >= 0.3 is 0 Å². The summed E-state index contributed by atoms with van der Waals surface area (Å²) < 4.78 is 0. The zero-order valence-corrected chi connectivity index (χ0v) is 8.97. The monoisotopic (exact) mass is 218 g/mol. The molecule has 6 heteroatoms. The lowest BCUT2D eigenvalue weighted by Crippen LogP contribution is -2.39. The van der Waals surface area contributed by atoms with Gasteiger partial charge in [-0.1, -0.05) is 0 Å². The second-order valence-electron chi connectivity index (χ2n) is 3.03. The van der Waals surface area contributed by atoms with Crippen molar-refractivity contribution in [3.05, 3.63) is 18.0 Å². The third-order valence-electron chi connectivity index (χ3n) is 1.76. The molecule has 0 aliphatic heterocycles. The molecule has 0 spiro atoms. The summed E-state index contributed by atoms with van der Waals surface area (Å²) in [6.45, 7) is 3.52. The minimum Gasteiger partial charge on any atom is -0.347 e. The van der Waals surface area contributed by atoms with E-state index in [-0.39, 0.29) is 24.4 Å². The van der Waals surface area contributed by atoms with Gasteiger partial charge in [-0.15, -0.1) is 12.4 Å². The van der Waals surface area contributed by atoms with Gasteiger partial charge in [-0.2, -0.15) is 5.10 Å². The van der Waals surface area contributed by atoms with Crippen molar-refractivity contribution in [1.82, 2.24) is 15.5 Å². The summed E-state index contributed by atoms with van der Waals surface area (Å²) in [7, 11) is 0. The highest BCUT2D eigenvalue weighted by Gasteiger charge is 2.12. The zero-order valence-electron chi connectivity index (χ0n) is 8.15. The number of rotatable bonds is 3. The highest BCUT2D eigenvalue weighted by atomic mass is 35.5. The van der Waals surface area contributed by atoms with Gasteiger partial charge in [0.05, 0.1) is 17.8 Å². The highest BCUT2D eigenvalue weighted by Crippen LogP contribution is 2.06. The largest absolute Gasteiger partial charge is 0.347 e. The maximum atomic E-state index is 11.2. The molecule has 0 bridgehead atoms. The number of hydrogen-bond acceptors (Lipinski definition) is 3. The van der Waals surface area contributed by atoms with Crippen molar-refractivity contribution < 1.29 is 4.79 Å². The van der Waals surface area contributed by atoms with Crippen LogP contribution in [0.4, 0.5) is 0 Å². The Morgan fingerprint density at radius 2 is 2.29 bits per heavy atom. The molecule has 1 amide bonds. The van der Waals surface area contributed by atoms with Crippen molar-refractivity contribution in [2.75, 3.05) is 0 Å². The Morgan fingerprint density at radius 3 is 2.71 bits per heavy atom. The number of aromatic amines is 1. The average Bonchev–Trinajstić information content (AvgIpc) is 2.55. The van der Waals surface area contributed by atoms with Crippen LogP contribution < -0.4 is 11.1 Å². The van der Waals surface area contributed by atoms with E-state index in [1.807, 2.05) is 13.0 Å². The lowest BCUT2D eigenvalue weighted by Gasteiger charge is -2.13. The molecule has 0 aromatic carbocycles. The van der Waals surface area contributed by atoms with E-state index in [0.29, 0.717) is 0 Å². The molecule has 0 saturated carbocycles. The Balaban J connectivity index is 0.00000169. The van der Waals surface area contributed by atoms with E-state index >= 15 is 0 Å². The number of aromatic nitrogens is 2. The van der Waals surface area contributed by atoms with E-state index in [9.17, 15) is 4.79 Å². The Hall–Kier alpha value is -1.07. The SMILES string of the molecule is CC(NC(=O)[C@H](C)N)c1ccn[nH]1.Cl. The van der Waals surface area contributed by atoms with Crippen LogP contribution in [0.2, 0.25) is 0 Å². The van der Waals surface area contributed by atoms with Gasteiger partial charge < -0.3 is 11.1 Å². The quantitative estimate of drug-likeness (QED) is 0.685. The first-order chi connectivity index (χ1) is 6.11. The second-order valence-corrected chi connectivity index (χ2v) is 3.03. The number of carbonyl (C=O) groups is 1. The van der Waals surface area contributed by atoms with Crippen molar-refractivity contribution in [2.45, 2.75) is 25.9 Å². The van der Waals surface area contributed by atoms with Crippen LogP contribution in [0.25, 0.3) is 0 Å². The first-order valence-electron chi connectivity index (χ1n) is 4.16. The predicted molar refractivity (Wildman–Crippen MR) is 56.0 cm³/mol. The molecular weight excluding hydrogens is 204 g/mol. The number of carbonyl (C=O) groups excluding carboxylic acids is 1. The molecule has 0 saturated heterocycles. The van der Waals surface area contributed by atoms with Gasteiger partial charge in [0.1, 0.15) is 0 Å². The van der Waals surface area contributed by atoms with Gasteiger partial charge in [-0.05, 0) is 19.9 Å². The number of nitrogens with zero attached hydrogens (tertiary/aromatic N) is 1. The van der Waals surface area contributed by atoms with Gasteiger partial charge in [-0.25, -0.2) is 0 Å². The maximum absolute atomic E-state index is 11.2. The topological polar surface area (TPSA) is 83.8 Å². The van der Waals surface area contributed by atoms with Crippen molar-refractivity contribution in [3.63, 3.8) is 0 Å². The predicted octanol–water partition coefficient (Wildman–Crippen LogP) is 0.356. The summed E-state index contributed by atoms with van der Waals surface area (Å²) in [4.78, 5) is 11.2. The molecule has 1 aromatic heterocycles. The zero-order chi connectivity index (χ0) is 9.84. The van der Waals surface area contributed by atoms with Crippen LogP contribution in [0.15, 0.2) is 12.3 Å². The number of amides is 1. The second kappa shape index (κ2) is 5.62. The molecule has 5 nitrogen and oxygen atoms in total. The molecule has 14 heavy (non-hydrogen) atoms. The highest BCUT2D eigenvalue weighted by molar-refractivity contribution is 5.85. The fourth-order valence-electron chi connectivity index (χ4n) is 0.930. The molecule has 0 aliphatic rings. The Morgan fingerprint density at radius 1 is 1.64 bits per heavy atom. The molecule has 1 heterocycles. The number of halogens is 1. The minimum absolute atomic E-state index is 0. The number of nitrogens with one attached hydrogen (secondary N) is 2. The number of nitrogens with two attached hydrogens (primary N) is 1. The molecule has 1 aromatic rings. The van der Waals surface area contributed by atoms with E-state index in [4.69, 9.17) is 5.73 Å². The van der Waals surface area contributed by atoms with Crippen LogP contribution in [0.5, 0.6) is 0 Å². The molecular formula is C8H15ClN4O. The van der Waals surface area contributed by atoms with E-state index in [1.165, 1.54) is 0 Å². The smallest absolute Gasteiger partial charge is 0.237 e. The van der Waals surface area contributed by atoms with Gasteiger partial charge in [0, 0.05) is 6.20 Å². The fourth-order valence-corrected chi connectivity index (χ4v) is 0.930. The number of H-pyrrole nitrogens is 1. The molecule has 0 fully saturated rings. The van der Waals surface area contributed by atoms with Crippen molar-refractivity contribution in [3.8, 4) is 0 Å². The van der Waals surface area contributed by atoms with E-state index in [0.717, 1.165) is 5.69 Å². The van der Waals surface area contributed by atoms with Gasteiger partial charge in [0.2, 0.25) is 5.91 Å². The lowest BCUT2D eigenvalue weighted by atomic mass is 10.2. The lowest BCUT2D eigenvalue weighted by molar-refractivity contribution is -0.122. The summed E-state index contributed by atoms with van der Waals surface area (Å²) in [5, 5.41) is 9.31. The van der Waals surface area contributed by atoms with Crippen molar-refractivity contribution >= 4 is 18.3 Å². The Labute approximate surface area is 88.9 Å². The van der Waals surface area contributed by atoms with Crippen LogP contribution >= 0.6 is 12.4 Å². The summed E-state index contributed by atoms with van der Waals surface area (Å²) >= 11 is 0. The third-order valence-corrected chi connectivity index (χ3v) is 1.76. The Kier molecular flexibility index (Phi) is 5.19. The summed E-state index contributed by atoms with van der Waals surface area (Å²) in [5.41, 5.74) is 6.27. The van der Waals surface area contributed by atoms with E-state index in [1.54, 1.807) is 13.1 Å². The molecule has 4 N–H and O–H groups in total. The van der Waals surface area contributed by atoms with Crippen molar-refractivity contribution in [1.29, 1.82) is 0 Å².